The van der Waals surface area contributed by atoms with E-state index < -0.39 is 0 Å². The van der Waals surface area contributed by atoms with E-state index in [1.165, 1.54) is 12.8 Å². The number of carbonyl (C=O) groups is 1. The maximum Gasteiger partial charge on any atom is 0.224 e. The highest BCUT2D eigenvalue weighted by Gasteiger charge is 2.16. The predicted octanol–water partition coefficient (Wildman–Crippen LogP) is 4.68. The lowest BCUT2D eigenvalue weighted by atomic mass is 9.93. The third-order valence-electron chi connectivity index (χ3n) is 4.96. The molecule has 1 aliphatic rings. The molecule has 0 atom stereocenters. The number of nitrogens with one attached hydrogen (secondary N) is 2. The number of hydrogen-bond acceptors (Lipinski definition) is 4. The molecule has 0 bridgehead atoms. The Morgan fingerprint density at radius 3 is 2.73 bits per heavy atom. The number of piperidine rings is 1. The lowest BCUT2D eigenvalue weighted by Crippen LogP contribution is -2.28. The molecule has 4 rings (SSSR count). The van der Waals surface area contributed by atoms with Crippen LogP contribution in [0.3, 0.4) is 0 Å². The number of fused-ring (bicyclic) bond motifs is 1. The molecule has 1 amide bonds. The smallest absolute Gasteiger partial charge is 0.224 e. The molecule has 2 N–H and O–H groups in total. The average molecular weight is 366 g/mol. The Bertz CT molecular complexity index is 866. The fourth-order valence-electron chi connectivity index (χ4n) is 3.48. The first kappa shape index (κ1) is 17.2. The highest BCUT2D eigenvalue weighted by Crippen LogP contribution is 2.34. The van der Waals surface area contributed by atoms with Crippen molar-refractivity contribution in [3.63, 3.8) is 0 Å². The molecular formula is C21H23N3OS. The standard InChI is InChI=1S/C21H23N3OS/c25-20(10-9-15-11-13-22-14-12-15)23-17-6-2-1-5-16(17)21-24-18-7-3-4-8-19(18)26-21/h1-8,15,22H,9-14H2,(H,23,25). The predicted molar refractivity (Wildman–Crippen MR) is 109 cm³/mol. The first-order valence-electron chi connectivity index (χ1n) is 9.25. The van der Waals surface area contributed by atoms with Gasteiger partial charge in [0.05, 0.1) is 15.9 Å². The van der Waals surface area contributed by atoms with Crippen LogP contribution in [0.4, 0.5) is 5.69 Å². The van der Waals surface area contributed by atoms with Crippen molar-refractivity contribution in [1.82, 2.24) is 10.3 Å². The van der Waals surface area contributed by atoms with Crippen molar-refractivity contribution in [3.05, 3.63) is 48.5 Å². The van der Waals surface area contributed by atoms with Gasteiger partial charge in [0.25, 0.3) is 0 Å². The molecule has 1 fully saturated rings. The lowest BCUT2D eigenvalue weighted by molar-refractivity contribution is -0.116. The van der Waals surface area contributed by atoms with Gasteiger partial charge in [0.2, 0.25) is 5.91 Å². The summed E-state index contributed by atoms with van der Waals surface area (Å²) in [6.45, 7) is 2.15. The van der Waals surface area contributed by atoms with Gasteiger partial charge >= 0.3 is 0 Å². The summed E-state index contributed by atoms with van der Waals surface area (Å²) in [6, 6.07) is 16.1. The zero-order valence-corrected chi connectivity index (χ0v) is 15.5. The summed E-state index contributed by atoms with van der Waals surface area (Å²) in [5.41, 5.74) is 2.84. The van der Waals surface area contributed by atoms with Gasteiger partial charge in [0, 0.05) is 12.0 Å². The van der Waals surface area contributed by atoms with Crippen LogP contribution in [-0.2, 0) is 4.79 Å². The number of benzene rings is 2. The summed E-state index contributed by atoms with van der Waals surface area (Å²) < 4.78 is 1.16. The minimum absolute atomic E-state index is 0.0945. The summed E-state index contributed by atoms with van der Waals surface area (Å²) in [4.78, 5) is 17.2. The Morgan fingerprint density at radius 2 is 1.88 bits per heavy atom. The molecule has 26 heavy (non-hydrogen) atoms. The van der Waals surface area contributed by atoms with E-state index in [1.54, 1.807) is 11.3 Å². The molecule has 1 aliphatic heterocycles. The maximum absolute atomic E-state index is 12.5. The molecule has 1 aromatic heterocycles. The summed E-state index contributed by atoms with van der Waals surface area (Å²) in [6.07, 6.45) is 3.90. The molecule has 0 aliphatic carbocycles. The molecule has 3 aromatic rings. The topological polar surface area (TPSA) is 54.0 Å². The molecule has 0 spiro atoms. The number of aromatic nitrogens is 1. The van der Waals surface area contributed by atoms with Gasteiger partial charge < -0.3 is 10.6 Å². The Hall–Kier alpha value is -2.24. The average Bonchev–Trinajstić information content (AvgIpc) is 3.12. The Labute approximate surface area is 157 Å². The van der Waals surface area contributed by atoms with E-state index >= 15 is 0 Å². The third kappa shape index (κ3) is 3.94. The van der Waals surface area contributed by atoms with Gasteiger partial charge in [-0.3, -0.25) is 4.79 Å². The molecule has 2 aromatic carbocycles. The summed E-state index contributed by atoms with van der Waals surface area (Å²) in [7, 11) is 0. The van der Waals surface area contributed by atoms with Crippen molar-refractivity contribution in [3.8, 4) is 10.6 Å². The van der Waals surface area contributed by atoms with Gasteiger partial charge in [0.1, 0.15) is 5.01 Å². The van der Waals surface area contributed by atoms with Gasteiger partial charge in [-0.15, -0.1) is 11.3 Å². The second kappa shape index (κ2) is 7.98. The highest BCUT2D eigenvalue weighted by molar-refractivity contribution is 7.21. The zero-order chi connectivity index (χ0) is 17.8. The van der Waals surface area contributed by atoms with Crippen LogP contribution in [0, 0.1) is 5.92 Å². The molecule has 2 heterocycles. The van der Waals surface area contributed by atoms with Crippen molar-refractivity contribution in [2.24, 2.45) is 5.92 Å². The van der Waals surface area contributed by atoms with Gasteiger partial charge in [-0.1, -0.05) is 24.3 Å². The first-order valence-corrected chi connectivity index (χ1v) is 10.1. The van der Waals surface area contributed by atoms with E-state index in [2.05, 4.69) is 16.7 Å². The first-order chi connectivity index (χ1) is 12.8. The summed E-state index contributed by atoms with van der Waals surface area (Å²) >= 11 is 1.66. The Balaban J connectivity index is 1.47. The van der Waals surface area contributed by atoms with Crippen molar-refractivity contribution in [2.75, 3.05) is 18.4 Å². The number of thiazole rings is 1. The minimum atomic E-state index is 0.0945. The Morgan fingerprint density at radius 1 is 1.12 bits per heavy atom. The van der Waals surface area contributed by atoms with Crippen LogP contribution in [-0.4, -0.2) is 24.0 Å². The van der Waals surface area contributed by atoms with Crippen LogP contribution in [0.25, 0.3) is 20.8 Å². The van der Waals surface area contributed by atoms with Gasteiger partial charge in [0.15, 0.2) is 0 Å². The molecule has 5 heteroatoms. The second-order valence-corrected chi connectivity index (χ2v) is 7.84. The number of para-hydroxylation sites is 2. The van der Waals surface area contributed by atoms with Gasteiger partial charge in [-0.05, 0) is 62.5 Å². The van der Waals surface area contributed by atoms with E-state index in [1.807, 2.05) is 42.5 Å². The van der Waals surface area contributed by atoms with Gasteiger partial charge in [-0.25, -0.2) is 4.98 Å². The van der Waals surface area contributed by atoms with Crippen molar-refractivity contribution >= 4 is 33.1 Å². The normalized spacial score (nSPS) is 15.2. The third-order valence-corrected chi connectivity index (χ3v) is 6.03. The molecule has 1 saturated heterocycles. The van der Waals surface area contributed by atoms with Crippen molar-refractivity contribution in [2.45, 2.75) is 25.7 Å². The lowest BCUT2D eigenvalue weighted by Gasteiger charge is -2.22. The zero-order valence-electron chi connectivity index (χ0n) is 14.7. The van der Waals surface area contributed by atoms with Crippen molar-refractivity contribution in [1.29, 1.82) is 0 Å². The molecule has 0 radical (unpaired) electrons. The van der Waals surface area contributed by atoms with E-state index in [9.17, 15) is 4.79 Å². The number of anilines is 1. The largest absolute Gasteiger partial charge is 0.325 e. The van der Waals surface area contributed by atoms with Crippen LogP contribution in [0.5, 0.6) is 0 Å². The number of amides is 1. The van der Waals surface area contributed by atoms with Crippen LogP contribution in [0.2, 0.25) is 0 Å². The number of hydrogen-bond donors (Lipinski definition) is 2. The summed E-state index contributed by atoms with van der Waals surface area (Å²) in [5, 5.41) is 7.42. The molecule has 0 unspecified atom stereocenters. The van der Waals surface area contributed by atoms with E-state index in [0.717, 1.165) is 46.0 Å². The molecule has 0 saturated carbocycles. The molecule has 134 valence electrons. The quantitative estimate of drug-likeness (QED) is 0.690. The van der Waals surface area contributed by atoms with Crippen LogP contribution >= 0.6 is 11.3 Å². The monoisotopic (exact) mass is 365 g/mol. The van der Waals surface area contributed by atoms with Crippen LogP contribution in [0.15, 0.2) is 48.5 Å². The second-order valence-electron chi connectivity index (χ2n) is 6.81. The summed E-state index contributed by atoms with van der Waals surface area (Å²) in [5.74, 6) is 0.763. The van der Waals surface area contributed by atoms with E-state index in [4.69, 9.17) is 4.98 Å². The highest BCUT2D eigenvalue weighted by atomic mass is 32.1. The van der Waals surface area contributed by atoms with Crippen LogP contribution < -0.4 is 10.6 Å². The van der Waals surface area contributed by atoms with Crippen LogP contribution in [0.1, 0.15) is 25.7 Å². The SMILES string of the molecule is O=C(CCC1CCNCC1)Nc1ccccc1-c1nc2ccccc2s1. The fraction of sp³-hybridized carbons (Fsp3) is 0.333. The van der Waals surface area contributed by atoms with E-state index in [-0.39, 0.29) is 5.91 Å². The number of carbonyl (C=O) groups excluding carboxylic acids is 1. The molecule has 4 nitrogen and oxygen atoms in total. The number of rotatable bonds is 5. The minimum Gasteiger partial charge on any atom is -0.325 e. The Kier molecular flexibility index (Phi) is 5.27. The van der Waals surface area contributed by atoms with E-state index in [0.29, 0.717) is 12.3 Å². The van der Waals surface area contributed by atoms with Gasteiger partial charge in [-0.2, -0.15) is 0 Å². The number of nitrogens with zero attached hydrogens (tertiary/aromatic N) is 1. The fourth-order valence-corrected chi connectivity index (χ4v) is 4.49. The molecular weight excluding hydrogens is 342 g/mol. The maximum atomic E-state index is 12.5. The van der Waals surface area contributed by atoms with Crippen molar-refractivity contribution < 1.29 is 4.79 Å².